The number of methoxy groups -OCH3 is 1. The first-order valence-electron chi connectivity index (χ1n) is 9.14. The molecule has 1 aliphatic carbocycles. The normalized spacial score (nSPS) is 21.5. The minimum absolute atomic E-state index is 0.0563. The Bertz CT molecular complexity index is 673. The fraction of sp³-hybridized carbons (Fsp3) is 0.409. The smallest absolute Gasteiger partial charge is 0.221 e. The molecule has 3 heteroatoms. The van der Waals surface area contributed by atoms with Gasteiger partial charge in [-0.05, 0) is 67.2 Å². The van der Waals surface area contributed by atoms with Gasteiger partial charge in [0.2, 0.25) is 5.91 Å². The second-order valence-corrected chi connectivity index (χ2v) is 7.08. The van der Waals surface area contributed by atoms with Crippen LogP contribution in [0.5, 0.6) is 5.75 Å². The van der Waals surface area contributed by atoms with Crippen molar-refractivity contribution >= 4 is 5.91 Å². The molecule has 1 unspecified atom stereocenters. The fourth-order valence-corrected chi connectivity index (χ4v) is 4.10. The molecule has 2 aromatic rings. The van der Waals surface area contributed by atoms with Gasteiger partial charge in [-0.2, -0.15) is 0 Å². The van der Waals surface area contributed by atoms with Crippen LogP contribution in [0.2, 0.25) is 0 Å². The third kappa shape index (κ3) is 4.41. The quantitative estimate of drug-likeness (QED) is 0.854. The van der Waals surface area contributed by atoms with Crippen LogP contribution in [0, 0.1) is 11.8 Å². The summed E-state index contributed by atoms with van der Waals surface area (Å²) in [4.78, 5) is 12.0. The summed E-state index contributed by atoms with van der Waals surface area (Å²) in [6, 6.07) is 18.6. The van der Waals surface area contributed by atoms with Crippen LogP contribution >= 0.6 is 0 Å². The summed E-state index contributed by atoms with van der Waals surface area (Å²) >= 11 is 0. The van der Waals surface area contributed by atoms with Gasteiger partial charge in [0.05, 0.1) is 7.11 Å². The maximum atomic E-state index is 12.0. The van der Waals surface area contributed by atoms with Gasteiger partial charge in [0, 0.05) is 5.92 Å². The van der Waals surface area contributed by atoms with Gasteiger partial charge < -0.3 is 10.5 Å². The molecule has 132 valence electrons. The van der Waals surface area contributed by atoms with Crippen LogP contribution in [0.4, 0.5) is 0 Å². The van der Waals surface area contributed by atoms with Gasteiger partial charge in [-0.1, -0.05) is 42.5 Å². The van der Waals surface area contributed by atoms with Crippen molar-refractivity contribution in [1.29, 1.82) is 0 Å². The lowest BCUT2D eigenvalue weighted by Crippen LogP contribution is -2.33. The molecular formula is C22H27NO2. The van der Waals surface area contributed by atoms with Crippen LogP contribution in [-0.4, -0.2) is 13.0 Å². The number of ether oxygens (including phenoxy) is 1. The van der Waals surface area contributed by atoms with E-state index < -0.39 is 0 Å². The number of rotatable bonds is 6. The molecule has 2 aromatic carbocycles. The molecule has 1 saturated carbocycles. The van der Waals surface area contributed by atoms with Crippen molar-refractivity contribution < 1.29 is 9.53 Å². The van der Waals surface area contributed by atoms with E-state index >= 15 is 0 Å². The zero-order valence-corrected chi connectivity index (χ0v) is 14.9. The van der Waals surface area contributed by atoms with Crippen LogP contribution in [0.3, 0.4) is 0 Å². The number of carbonyl (C=O) groups excluding carboxylic acids is 1. The summed E-state index contributed by atoms with van der Waals surface area (Å²) in [6.07, 6.45) is 5.13. The van der Waals surface area contributed by atoms with E-state index in [0.29, 0.717) is 11.8 Å². The van der Waals surface area contributed by atoms with Crippen LogP contribution in [0.25, 0.3) is 0 Å². The average molecular weight is 337 g/mol. The van der Waals surface area contributed by atoms with Crippen LogP contribution in [-0.2, 0) is 11.2 Å². The Hall–Kier alpha value is -2.29. The topological polar surface area (TPSA) is 52.3 Å². The van der Waals surface area contributed by atoms with E-state index in [4.69, 9.17) is 10.5 Å². The molecule has 0 radical (unpaired) electrons. The third-order valence-electron chi connectivity index (χ3n) is 5.59. The summed E-state index contributed by atoms with van der Waals surface area (Å²) in [6.45, 7) is 0. The number of amides is 1. The lowest BCUT2D eigenvalue weighted by Gasteiger charge is -2.33. The minimum Gasteiger partial charge on any atom is -0.497 e. The zero-order chi connectivity index (χ0) is 17.6. The van der Waals surface area contributed by atoms with E-state index in [1.807, 2.05) is 30.3 Å². The number of hydrogen-bond donors (Lipinski definition) is 1. The zero-order valence-electron chi connectivity index (χ0n) is 14.9. The first-order valence-corrected chi connectivity index (χ1v) is 9.14. The third-order valence-corrected chi connectivity index (χ3v) is 5.59. The molecule has 1 aliphatic rings. The molecule has 1 atom stereocenters. The molecule has 25 heavy (non-hydrogen) atoms. The Labute approximate surface area is 150 Å². The van der Waals surface area contributed by atoms with Crippen molar-refractivity contribution in [2.75, 3.05) is 7.11 Å². The number of benzene rings is 2. The maximum Gasteiger partial charge on any atom is 0.221 e. The Morgan fingerprint density at radius 1 is 1.04 bits per heavy atom. The van der Waals surface area contributed by atoms with E-state index in [2.05, 4.69) is 24.3 Å². The second kappa shape index (κ2) is 8.19. The number of hydrogen-bond acceptors (Lipinski definition) is 2. The average Bonchev–Trinajstić information content (AvgIpc) is 2.67. The number of nitrogens with two attached hydrogens (primary N) is 1. The fourth-order valence-electron chi connectivity index (χ4n) is 4.10. The van der Waals surface area contributed by atoms with Gasteiger partial charge >= 0.3 is 0 Å². The first-order chi connectivity index (χ1) is 12.2. The summed E-state index contributed by atoms with van der Waals surface area (Å²) < 4.78 is 5.24. The van der Waals surface area contributed by atoms with Crippen molar-refractivity contribution in [2.24, 2.45) is 17.6 Å². The summed E-state index contributed by atoms with van der Waals surface area (Å²) in [5.41, 5.74) is 8.31. The molecular weight excluding hydrogens is 310 g/mol. The van der Waals surface area contributed by atoms with Gasteiger partial charge in [0.15, 0.2) is 0 Å². The van der Waals surface area contributed by atoms with Crippen LogP contribution in [0.15, 0.2) is 54.6 Å². The molecule has 1 fully saturated rings. The van der Waals surface area contributed by atoms with E-state index in [1.165, 1.54) is 11.1 Å². The minimum atomic E-state index is -0.156. The lowest BCUT2D eigenvalue weighted by molar-refractivity contribution is -0.123. The van der Waals surface area contributed by atoms with Crippen LogP contribution < -0.4 is 10.5 Å². The highest BCUT2D eigenvalue weighted by Crippen LogP contribution is 2.40. The SMILES string of the molecule is COc1ccc(C2CCC(C(Cc3ccccc3)C(N)=O)CC2)cc1. The Morgan fingerprint density at radius 2 is 1.68 bits per heavy atom. The van der Waals surface area contributed by atoms with E-state index in [-0.39, 0.29) is 11.8 Å². The Kier molecular flexibility index (Phi) is 5.75. The highest BCUT2D eigenvalue weighted by molar-refractivity contribution is 5.77. The van der Waals surface area contributed by atoms with E-state index in [0.717, 1.165) is 37.9 Å². The predicted octanol–water partition coefficient (Wildman–Crippen LogP) is 4.31. The second-order valence-electron chi connectivity index (χ2n) is 7.08. The van der Waals surface area contributed by atoms with Crippen molar-refractivity contribution in [2.45, 2.75) is 38.0 Å². The Morgan fingerprint density at radius 3 is 2.24 bits per heavy atom. The predicted molar refractivity (Wildman–Crippen MR) is 101 cm³/mol. The van der Waals surface area contributed by atoms with Gasteiger partial charge in [-0.15, -0.1) is 0 Å². The molecule has 3 nitrogen and oxygen atoms in total. The summed E-state index contributed by atoms with van der Waals surface area (Å²) in [7, 11) is 1.69. The summed E-state index contributed by atoms with van der Waals surface area (Å²) in [5.74, 6) is 1.66. The van der Waals surface area contributed by atoms with Gasteiger partial charge in [-0.3, -0.25) is 4.79 Å². The first kappa shape index (κ1) is 17.5. The lowest BCUT2D eigenvalue weighted by atomic mass is 9.72. The maximum absolute atomic E-state index is 12.0. The van der Waals surface area contributed by atoms with Crippen molar-refractivity contribution in [3.63, 3.8) is 0 Å². The van der Waals surface area contributed by atoms with Gasteiger partial charge in [-0.25, -0.2) is 0 Å². The van der Waals surface area contributed by atoms with Crippen LogP contribution in [0.1, 0.15) is 42.7 Å². The molecule has 0 aliphatic heterocycles. The molecule has 0 aromatic heterocycles. The molecule has 2 N–H and O–H groups in total. The highest BCUT2D eigenvalue weighted by Gasteiger charge is 2.31. The molecule has 0 bridgehead atoms. The monoisotopic (exact) mass is 337 g/mol. The molecule has 1 amide bonds. The number of carbonyl (C=O) groups is 1. The Balaban J connectivity index is 1.61. The van der Waals surface area contributed by atoms with Gasteiger partial charge in [0.25, 0.3) is 0 Å². The molecule has 0 spiro atoms. The summed E-state index contributed by atoms with van der Waals surface area (Å²) in [5, 5.41) is 0. The number of primary amides is 1. The molecule has 0 saturated heterocycles. The van der Waals surface area contributed by atoms with Crippen molar-refractivity contribution in [3.8, 4) is 5.75 Å². The highest BCUT2D eigenvalue weighted by atomic mass is 16.5. The van der Waals surface area contributed by atoms with Crippen molar-refractivity contribution in [3.05, 3.63) is 65.7 Å². The van der Waals surface area contributed by atoms with Crippen molar-refractivity contribution in [1.82, 2.24) is 0 Å². The van der Waals surface area contributed by atoms with E-state index in [1.54, 1.807) is 7.11 Å². The van der Waals surface area contributed by atoms with E-state index in [9.17, 15) is 4.79 Å². The molecule has 0 heterocycles. The standard InChI is InChI=1S/C22H27NO2/c1-25-20-13-11-18(12-14-20)17-7-9-19(10-8-17)21(22(23)24)15-16-5-3-2-4-6-16/h2-6,11-14,17,19,21H,7-10,15H2,1H3,(H2,23,24). The molecule has 3 rings (SSSR count). The largest absolute Gasteiger partial charge is 0.497 e. The van der Waals surface area contributed by atoms with Gasteiger partial charge in [0.1, 0.15) is 5.75 Å².